The number of nitrogens with one attached hydrogen (secondary N) is 1. The third kappa shape index (κ3) is 5.41. The lowest BCUT2D eigenvalue weighted by Crippen LogP contribution is -2.31. The van der Waals surface area contributed by atoms with Gasteiger partial charge in [-0.3, -0.25) is 9.59 Å². The smallest absolute Gasteiger partial charge is 0.253 e. The molecule has 1 atom stereocenters. The van der Waals surface area contributed by atoms with Crippen LogP contribution in [0.1, 0.15) is 54.1 Å². The van der Waals surface area contributed by atoms with E-state index in [9.17, 15) is 9.59 Å². The van der Waals surface area contributed by atoms with E-state index in [0.717, 1.165) is 31.5 Å². The number of hydrogen-bond acceptors (Lipinski definition) is 3. The van der Waals surface area contributed by atoms with Crippen LogP contribution >= 0.6 is 0 Å². The molecule has 0 bridgehead atoms. The molecule has 1 aliphatic rings. The molecule has 5 nitrogen and oxygen atoms in total. The molecule has 1 saturated heterocycles. The minimum absolute atomic E-state index is 0.0703. The summed E-state index contributed by atoms with van der Waals surface area (Å²) in [7, 11) is 0. The highest BCUT2D eigenvalue weighted by molar-refractivity contribution is 5.96. The molecule has 1 heterocycles. The summed E-state index contributed by atoms with van der Waals surface area (Å²) in [5.74, 6) is -0.0705. The van der Waals surface area contributed by atoms with Gasteiger partial charge in [0.25, 0.3) is 5.91 Å². The summed E-state index contributed by atoms with van der Waals surface area (Å²) < 4.78 is 0. The zero-order valence-corrected chi connectivity index (χ0v) is 15.6. The molecule has 1 unspecified atom stereocenters. The SMILES string of the molecule is NC(CC(=O)Nc1ccc(C(=O)N2CCCCCC2)cc1)c1ccccc1. The summed E-state index contributed by atoms with van der Waals surface area (Å²) in [5, 5.41) is 2.85. The molecular formula is C22H27N3O2. The average Bonchev–Trinajstić information content (AvgIpc) is 2.98. The summed E-state index contributed by atoms with van der Waals surface area (Å²) in [6.45, 7) is 1.66. The van der Waals surface area contributed by atoms with Crippen molar-refractivity contribution >= 4 is 17.5 Å². The number of nitrogens with two attached hydrogens (primary N) is 1. The minimum atomic E-state index is -0.338. The Morgan fingerprint density at radius 2 is 1.56 bits per heavy atom. The van der Waals surface area contributed by atoms with Crippen LogP contribution in [0.15, 0.2) is 54.6 Å². The second kappa shape index (κ2) is 9.33. The fourth-order valence-corrected chi connectivity index (χ4v) is 3.38. The number of rotatable bonds is 5. The van der Waals surface area contributed by atoms with Crippen molar-refractivity contribution in [2.24, 2.45) is 5.73 Å². The number of likely N-dealkylation sites (tertiary alicyclic amines) is 1. The molecule has 27 heavy (non-hydrogen) atoms. The Bertz CT molecular complexity index is 751. The van der Waals surface area contributed by atoms with Crippen LogP contribution in [0.25, 0.3) is 0 Å². The lowest BCUT2D eigenvalue weighted by molar-refractivity contribution is -0.116. The molecule has 0 spiro atoms. The van der Waals surface area contributed by atoms with Crippen LogP contribution in [0.4, 0.5) is 5.69 Å². The number of anilines is 1. The van der Waals surface area contributed by atoms with E-state index in [1.807, 2.05) is 35.2 Å². The van der Waals surface area contributed by atoms with Crippen LogP contribution in [0.3, 0.4) is 0 Å². The van der Waals surface area contributed by atoms with Gasteiger partial charge in [-0.05, 0) is 42.7 Å². The van der Waals surface area contributed by atoms with E-state index in [-0.39, 0.29) is 24.3 Å². The van der Waals surface area contributed by atoms with E-state index >= 15 is 0 Å². The first-order valence-electron chi connectivity index (χ1n) is 9.63. The van der Waals surface area contributed by atoms with Gasteiger partial charge in [0.1, 0.15) is 0 Å². The van der Waals surface area contributed by atoms with E-state index in [2.05, 4.69) is 5.32 Å². The summed E-state index contributed by atoms with van der Waals surface area (Å²) in [4.78, 5) is 26.8. The zero-order chi connectivity index (χ0) is 19.1. The topological polar surface area (TPSA) is 75.4 Å². The lowest BCUT2D eigenvalue weighted by Gasteiger charge is -2.20. The van der Waals surface area contributed by atoms with Gasteiger partial charge in [-0.15, -0.1) is 0 Å². The van der Waals surface area contributed by atoms with Gasteiger partial charge in [0.05, 0.1) is 0 Å². The first-order valence-corrected chi connectivity index (χ1v) is 9.63. The molecule has 0 saturated carbocycles. The second-order valence-corrected chi connectivity index (χ2v) is 7.05. The Hall–Kier alpha value is -2.66. The number of nitrogens with zero attached hydrogens (tertiary/aromatic N) is 1. The van der Waals surface area contributed by atoms with Crippen LogP contribution in [0, 0.1) is 0 Å². The maximum absolute atomic E-state index is 12.6. The Morgan fingerprint density at radius 3 is 2.19 bits per heavy atom. The van der Waals surface area contributed by atoms with E-state index in [4.69, 9.17) is 5.73 Å². The van der Waals surface area contributed by atoms with Crippen molar-refractivity contribution in [3.63, 3.8) is 0 Å². The highest BCUT2D eigenvalue weighted by atomic mass is 16.2. The highest BCUT2D eigenvalue weighted by Crippen LogP contribution is 2.17. The van der Waals surface area contributed by atoms with Crippen LogP contribution in [-0.2, 0) is 4.79 Å². The fraction of sp³-hybridized carbons (Fsp3) is 0.364. The Morgan fingerprint density at radius 1 is 0.926 bits per heavy atom. The molecule has 2 amide bonds. The van der Waals surface area contributed by atoms with Crippen molar-refractivity contribution in [1.82, 2.24) is 4.90 Å². The monoisotopic (exact) mass is 365 g/mol. The number of carbonyl (C=O) groups excluding carboxylic acids is 2. The molecular weight excluding hydrogens is 338 g/mol. The van der Waals surface area contributed by atoms with Crippen molar-refractivity contribution in [3.8, 4) is 0 Å². The van der Waals surface area contributed by atoms with E-state index in [0.29, 0.717) is 11.3 Å². The van der Waals surface area contributed by atoms with Gasteiger partial charge >= 0.3 is 0 Å². The Balaban J connectivity index is 1.55. The molecule has 3 N–H and O–H groups in total. The zero-order valence-electron chi connectivity index (χ0n) is 15.6. The third-order valence-electron chi connectivity index (χ3n) is 4.94. The standard InChI is InChI=1S/C22H27N3O2/c23-20(17-8-4-3-5-9-17)16-21(26)24-19-12-10-18(11-13-19)22(27)25-14-6-1-2-7-15-25/h3-5,8-13,20H,1-2,6-7,14-16,23H2,(H,24,26). The van der Waals surface area contributed by atoms with Crippen molar-refractivity contribution in [3.05, 3.63) is 65.7 Å². The number of amides is 2. The summed E-state index contributed by atoms with van der Waals surface area (Å²) in [6, 6.07) is 16.3. The number of benzene rings is 2. The molecule has 0 radical (unpaired) electrons. The average molecular weight is 365 g/mol. The molecule has 2 aromatic rings. The van der Waals surface area contributed by atoms with Crippen LogP contribution in [0.2, 0.25) is 0 Å². The Labute approximate surface area is 160 Å². The molecule has 0 aliphatic carbocycles. The summed E-state index contributed by atoms with van der Waals surface area (Å²) in [6.07, 6.45) is 4.74. The van der Waals surface area contributed by atoms with E-state index in [1.54, 1.807) is 24.3 Å². The number of carbonyl (C=O) groups is 2. The minimum Gasteiger partial charge on any atom is -0.339 e. The fourth-order valence-electron chi connectivity index (χ4n) is 3.38. The highest BCUT2D eigenvalue weighted by Gasteiger charge is 2.17. The third-order valence-corrected chi connectivity index (χ3v) is 4.94. The van der Waals surface area contributed by atoms with Gasteiger partial charge in [0.2, 0.25) is 5.91 Å². The van der Waals surface area contributed by atoms with Crippen LogP contribution < -0.4 is 11.1 Å². The molecule has 0 aromatic heterocycles. The number of hydrogen-bond donors (Lipinski definition) is 2. The molecule has 1 fully saturated rings. The van der Waals surface area contributed by atoms with Crippen LogP contribution in [0.5, 0.6) is 0 Å². The van der Waals surface area contributed by atoms with Crippen molar-refractivity contribution in [2.75, 3.05) is 18.4 Å². The van der Waals surface area contributed by atoms with Gasteiger partial charge in [-0.1, -0.05) is 43.2 Å². The normalized spacial score (nSPS) is 15.7. The van der Waals surface area contributed by atoms with Gasteiger partial charge in [-0.25, -0.2) is 0 Å². The van der Waals surface area contributed by atoms with Gasteiger partial charge < -0.3 is 16.0 Å². The first-order chi connectivity index (χ1) is 13.1. The van der Waals surface area contributed by atoms with Crippen molar-refractivity contribution in [1.29, 1.82) is 0 Å². The van der Waals surface area contributed by atoms with Gasteiger partial charge in [0, 0.05) is 36.8 Å². The van der Waals surface area contributed by atoms with Crippen LogP contribution in [-0.4, -0.2) is 29.8 Å². The van der Waals surface area contributed by atoms with E-state index < -0.39 is 0 Å². The Kier molecular flexibility index (Phi) is 6.60. The predicted molar refractivity (Wildman–Crippen MR) is 107 cm³/mol. The quantitative estimate of drug-likeness (QED) is 0.848. The maximum Gasteiger partial charge on any atom is 0.253 e. The molecule has 3 rings (SSSR count). The molecule has 142 valence electrons. The molecule has 5 heteroatoms. The second-order valence-electron chi connectivity index (χ2n) is 7.05. The first kappa shape index (κ1) is 19.1. The van der Waals surface area contributed by atoms with Gasteiger partial charge in [-0.2, -0.15) is 0 Å². The molecule has 2 aromatic carbocycles. The largest absolute Gasteiger partial charge is 0.339 e. The maximum atomic E-state index is 12.6. The van der Waals surface area contributed by atoms with Crippen molar-refractivity contribution in [2.45, 2.75) is 38.1 Å². The summed E-state index contributed by atoms with van der Waals surface area (Å²) in [5.41, 5.74) is 8.37. The predicted octanol–water partition coefficient (Wildman–Crippen LogP) is 3.73. The molecule has 1 aliphatic heterocycles. The lowest BCUT2D eigenvalue weighted by atomic mass is 10.0. The van der Waals surface area contributed by atoms with Gasteiger partial charge in [0.15, 0.2) is 0 Å². The summed E-state index contributed by atoms with van der Waals surface area (Å²) >= 11 is 0. The van der Waals surface area contributed by atoms with Crippen molar-refractivity contribution < 1.29 is 9.59 Å². The van der Waals surface area contributed by atoms with E-state index in [1.165, 1.54) is 12.8 Å².